The maximum absolute atomic E-state index is 12.0. The van der Waals surface area contributed by atoms with Crippen molar-refractivity contribution in [2.75, 3.05) is 32.4 Å². The smallest absolute Gasteiger partial charge is 0.225 e. The number of rotatable bonds is 6. The summed E-state index contributed by atoms with van der Waals surface area (Å²) in [4.78, 5) is 18.7. The molecule has 2 N–H and O–H groups in total. The molecule has 0 aromatic rings. The Labute approximate surface area is 162 Å². The van der Waals surface area contributed by atoms with Gasteiger partial charge in [0.1, 0.15) is 0 Å². The number of amides is 1. The molecule has 23 heavy (non-hydrogen) atoms. The standard InChI is InChI=1S/C16H32N4OS.HI/c1-7-17-15(18-11-16(4,5)22-6)19-13-8-9-20(10-13)14(21)12(2)3;/h12-13H,7-11H2,1-6H3,(H2,17,18,19);1H. The Morgan fingerprint density at radius 2 is 2.09 bits per heavy atom. The third-order valence-corrected chi connectivity index (χ3v) is 5.08. The van der Waals surface area contributed by atoms with Gasteiger partial charge in [-0.15, -0.1) is 24.0 Å². The van der Waals surface area contributed by atoms with Crippen molar-refractivity contribution in [2.45, 2.75) is 51.8 Å². The summed E-state index contributed by atoms with van der Waals surface area (Å²) < 4.78 is 0.137. The number of aliphatic imine (C=N–C) groups is 1. The van der Waals surface area contributed by atoms with E-state index in [2.05, 4.69) is 37.7 Å². The van der Waals surface area contributed by atoms with E-state index in [0.717, 1.165) is 38.6 Å². The van der Waals surface area contributed by atoms with Crippen molar-refractivity contribution in [1.29, 1.82) is 0 Å². The van der Waals surface area contributed by atoms with Gasteiger partial charge in [0, 0.05) is 36.3 Å². The average Bonchev–Trinajstić information content (AvgIpc) is 2.92. The number of halogens is 1. The molecule has 1 amide bonds. The number of hydrogen-bond acceptors (Lipinski definition) is 3. The molecule has 1 aliphatic heterocycles. The molecule has 7 heteroatoms. The predicted molar refractivity (Wildman–Crippen MR) is 112 cm³/mol. The van der Waals surface area contributed by atoms with Crippen molar-refractivity contribution in [3.8, 4) is 0 Å². The molecule has 0 spiro atoms. The Morgan fingerprint density at radius 1 is 1.43 bits per heavy atom. The van der Waals surface area contributed by atoms with Crippen molar-refractivity contribution in [2.24, 2.45) is 10.9 Å². The van der Waals surface area contributed by atoms with Crippen LogP contribution in [0.2, 0.25) is 0 Å². The highest BCUT2D eigenvalue weighted by Gasteiger charge is 2.28. The third-order valence-electron chi connectivity index (χ3n) is 3.85. The summed E-state index contributed by atoms with van der Waals surface area (Å²) in [5.74, 6) is 1.17. The summed E-state index contributed by atoms with van der Waals surface area (Å²) in [6, 6.07) is 0.290. The summed E-state index contributed by atoms with van der Waals surface area (Å²) in [6.07, 6.45) is 3.09. The molecular formula is C16H33IN4OS. The maximum atomic E-state index is 12.0. The molecule has 0 bridgehead atoms. The SMILES string of the molecule is CCNC(=NCC(C)(C)SC)NC1CCN(C(=O)C(C)C)C1.I. The molecule has 136 valence electrons. The van der Waals surface area contributed by atoms with Crippen molar-refractivity contribution in [1.82, 2.24) is 15.5 Å². The molecule has 1 saturated heterocycles. The van der Waals surface area contributed by atoms with E-state index in [1.165, 1.54) is 0 Å². The number of nitrogens with zero attached hydrogens (tertiary/aromatic N) is 2. The van der Waals surface area contributed by atoms with Crippen molar-refractivity contribution in [3.05, 3.63) is 0 Å². The fraction of sp³-hybridized carbons (Fsp3) is 0.875. The lowest BCUT2D eigenvalue weighted by Crippen LogP contribution is -2.45. The number of carbonyl (C=O) groups is 1. The lowest BCUT2D eigenvalue weighted by Gasteiger charge is -2.22. The number of guanidine groups is 1. The molecule has 0 saturated carbocycles. The average molecular weight is 456 g/mol. The topological polar surface area (TPSA) is 56.7 Å². The van der Waals surface area contributed by atoms with Gasteiger partial charge in [0.15, 0.2) is 5.96 Å². The van der Waals surface area contributed by atoms with Crippen LogP contribution in [-0.2, 0) is 4.79 Å². The van der Waals surface area contributed by atoms with E-state index < -0.39 is 0 Å². The summed E-state index contributed by atoms with van der Waals surface area (Å²) in [6.45, 7) is 13.6. The van der Waals surface area contributed by atoms with Crippen LogP contribution in [0.4, 0.5) is 0 Å². The summed E-state index contributed by atoms with van der Waals surface area (Å²) in [5.41, 5.74) is 0. The first-order valence-corrected chi connectivity index (χ1v) is 9.40. The molecule has 0 aromatic heterocycles. The molecule has 1 aliphatic rings. The molecule has 0 aromatic carbocycles. The van der Waals surface area contributed by atoms with Crippen LogP contribution in [0.1, 0.15) is 41.0 Å². The molecular weight excluding hydrogens is 423 g/mol. The van der Waals surface area contributed by atoms with Crippen molar-refractivity contribution >= 4 is 47.6 Å². The fourth-order valence-electron chi connectivity index (χ4n) is 2.29. The van der Waals surface area contributed by atoms with Gasteiger partial charge in [-0.1, -0.05) is 13.8 Å². The van der Waals surface area contributed by atoms with Crippen LogP contribution in [0, 0.1) is 5.92 Å². The molecule has 1 atom stereocenters. The lowest BCUT2D eigenvalue weighted by atomic mass is 10.2. The highest BCUT2D eigenvalue weighted by molar-refractivity contribution is 14.0. The number of likely N-dealkylation sites (tertiary alicyclic amines) is 1. The molecule has 1 unspecified atom stereocenters. The number of carbonyl (C=O) groups excluding carboxylic acids is 1. The van der Waals surface area contributed by atoms with E-state index in [1.54, 1.807) is 0 Å². The highest BCUT2D eigenvalue weighted by Crippen LogP contribution is 2.21. The van der Waals surface area contributed by atoms with E-state index in [0.29, 0.717) is 0 Å². The predicted octanol–water partition coefficient (Wildman–Crippen LogP) is 2.56. The van der Waals surface area contributed by atoms with Crippen LogP contribution < -0.4 is 10.6 Å². The minimum absolute atomic E-state index is 0. The van der Waals surface area contributed by atoms with Crippen LogP contribution in [0.25, 0.3) is 0 Å². The van der Waals surface area contributed by atoms with E-state index in [1.807, 2.05) is 30.5 Å². The highest BCUT2D eigenvalue weighted by atomic mass is 127. The van der Waals surface area contributed by atoms with Gasteiger partial charge in [-0.3, -0.25) is 9.79 Å². The second-order valence-electron chi connectivity index (χ2n) is 6.73. The van der Waals surface area contributed by atoms with Gasteiger partial charge in [-0.25, -0.2) is 0 Å². The third kappa shape index (κ3) is 7.96. The molecule has 0 aliphatic carbocycles. The second kappa shape index (κ2) is 10.6. The summed E-state index contributed by atoms with van der Waals surface area (Å²) in [5, 5.41) is 6.77. The first-order chi connectivity index (χ1) is 10.3. The van der Waals surface area contributed by atoms with Gasteiger partial charge >= 0.3 is 0 Å². The second-order valence-corrected chi connectivity index (χ2v) is 8.24. The lowest BCUT2D eigenvalue weighted by molar-refractivity contribution is -0.133. The van der Waals surface area contributed by atoms with Crippen LogP contribution >= 0.6 is 35.7 Å². The van der Waals surface area contributed by atoms with E-state index >= 15 is 0 Å². The first-order valence-electron chi connectivity index (χ1n) is 8.18. The Kier molecular flexibility index (Phi) is 10.6. The Balaban J connectivity index is 0.00000484. The Morgan fingerprint density at radius 3 is 2.61 bits per heavy atom. The number of hydrogen-bond donors (Lipinski definition) is 2. The Hall–Kier alpha value is -0.180. The maximum Gasteiger partial charge on any atom is 0.225 e. The quantitative estimate of drug-likeness (QED) is 0.367. The molecule has 0 radical (unpaired) electrons. The van der Waals surface area contributed by atoms with Crippen LogP contribution in [0.15, 0.2) is 4.99 Å². The minimum atomic E-state index is 0. The zero-order chi connectivity index (χ0) is 16.8. The molecule has 1 fully saturated rings. The summed E-state index contributed by atoms with van der Waals surface area (Å²) >= 11 is 1.82. The van der Waals surface area contributed by atoms with Crippen molar-refractivity contribution in [3.63, 3.8) is 0 Å². The fourth-order valence-corrected chi connectivity index (χ4v) is 2.48. The Bertz CT molecular complexity index is 402. The van der Waals surface area contributed by atoms with E-state index in [9.17, 15) is 4.79 Å². The monoisotopic (exact) mass is 456 g/mol. The first kappa shape index (κ1) is 22.8. The van der Waals surface area contributed by atoms with Gasteiger partial charge in [-0.2, -0.15) is 11.8 Å². The molecule has 5 nitrogen and oxygen atoms in total. The normalized spacial score (nSPS) is 18.8. The van der Waals surface area contributed by atoms with Gasteiger partial charge in [-0.05, 0) is 33.4 Å². The number of nitrogens with one attached hydrogen (secondary N) is 2. The molecule has 1 rings (SSSR count). The van der Waals surface area contributed by atoms with Crippen LogP contribution in [-0.4, -0.2) is 60.0 Å². The zero-order valence-electron chi connectivity index (χ0n) is 15.3. The van der Waals surface area contributed by atoms with Crippen molar-refractivity contribution < 1.29 is 4.79 Å². The summed E-state index contributed by atoms with van der Waals surface area (Å²) in [7, 11) is 0. The molecule has 1 heterocycles. The van der Waals surface area contributed by atoms with Gasteiger partial charge in [0.2, 0.25) is 5.91 Å². The van der Waals surface area contributed by atoms with E-state index in [-0.39, 0.29) is 46.6 Å². The largest absolute Gasteiger partial charge is 0.357 e. The van der Waals surface area contributed by atoms with Crippen LogP contribution in [0.3, 0.4) is 0 Å². The van der Waals surface area contributed by atoms with Gasteiger partial charge in [0.25, 0.3) is 0 Å². The number of thioether (sulfide) groups is 1. The van der Waals surface area contributed by atoms with Crippen LogP contribution in [0.5, 0.6) is 0 Å². The van der Waals surface area contributed by atoms with E-state index in [4.69, 9.17) is 4.99 Å². The minimum Gasteiger partial charge on any atom is -0.357 e. The zero-order valence-corrected chi connectivity index (χ0v) is 18.5. The van der Waals surface area contributed by atoms with Gasteiger partial charge < -0.3 is 15.5 Å². The van der Waals surface area contributed by atoms with Gasteiger partial charge in [0.05, 0.1) is 6.54 Å².